The Morgan fingerprint density at radius 1 is 1.15 bits per heavy atom. The van der Waals surface area contributed by atoms with Crippen LogP contribution in [0.4, 0.5) is 13.6 Å². The number of benzene rings is 1. The second-order valence-corrected chi connectivity index (χ2v) is 7.86. The van der Waals surface area contributed by atoms with Crippen LogP contribution in [0.5, 0.6) is 0 Å². The Morgan fingerprint density at radius 2 is 1.91 bits per heavy atom. The predicted molar refractivity (Wildman–Crippen MR) is 115 cm³/mol. The summed E-state index contributed by atoms with van der Waals surface area (Å²) in [5.41, 5.74) is 0.632. The molecule has 180 valence electrons. The molecule has 11 heteroatoms. The fourth-order valence-electron chi connectivity index (χ4n) is 4.02. The van der Waals surface area contributed by atoms with Gasteiger partial charge >= 0.3 is 12.0 Å². The maximum absolute atomic E-state index is 13.9. The minimum Gasteiger partial charge on any atom is -0.463 e. The first-order valence-electron chi connectivity index (χ1n) is 10.8. The third kappa shape index (κ3) is 4.93. The molecule has 1 saturated heterocycles. The molecule has 3 amide bonds. The Morgan fingerprint density at radius 3 is 2.56 bits per heavy atom. The van der Waals surface area contributed by atoms with Gasteiger partial charge in [0.15, 0.2) is 17.4 Å². The largest absolute Gasteiger partial charge is 0.463 e. The molecular formula is C23H24F2N4O5. The first-order chi connectivity index (χ1) is 16.4. The third-order valence-corrected chi connectivity index (χ3v) is 5.70. The Hall–Kier alpha value is -3.73. The van der Waals surface area contributed by atoms with Crippen LogP contribution in [0.15, 0.2) is 52.3 Å². The molecule has 1 aromatic carbocycles. The number of rotatable bonds is 6. The van der Waals surface area contributed by atoms with Crippen molar-refractivity contribution in [3.8, 4) is 0 Å². The second-order valence-electron chi connectivity index (χ2n) is 7.86. The van der Waals surface area contributed by atoms with Gasteiger partial charge in [0.1, 0.15) is 0 Å². The molecule has 34 heavy (non-hydrogen) atoms. The van der Waals surface area contributed by atoms with Crippen LogP contribution in [0.25, 0.3) is 0 Å². The molecule has 0 saturated carbocycles. The molecule has 1 atom stereocenters. The van der Waals surface area contributed by atoms with Crippen LogP contribution in [0, 0.1) is 11.6 Å². The van der Waals surface area contributed by atoms with Gasteiger partial charge in [-0.1, -0.05) is 6.07 Å². The Bertz CT molecular complexity index is 1110. The van der Waals surface area contributed by atoms with Crippen LogP contribution in [0.1, 0.15) is 29.1 Å². The molecule has 0 radical (unpaired) electrons. The normalized spacial score (nSPS) is 19.0. The van der Waals surface area contributed by atoms with E-state index in [0.717, 1.165) is 12.1 Å². The SMILES string of the molecule is CCOC(=O)C1=C(CN2CCN(C(=O)c3ccco3)CC2)NC(=O)N[C@H]1c1ccc(F)c(F)c1. The number of carbonyl (C=O) groups excluding carboxylic acids is 3. The van der Waals surface area contributed by atoms with Crippen molar-refractivity contribution in [2.45, 2.75) is 13.0 Å². The number of urea groups is 1. The summed E-state index contributed by atoms with van der Waals surface area (Å²) in [5, 5.41) is 5.25. The fraction of sp³-hybridized carbons (Fsp3) is 0.348. The van der Waals surface area contributed by atoms with Crippen molar-refractivity contribution in [1.29, 1.82) is 0 Å². The van der Waals surface area contributed by atoms with E-state index in [1.807, 2.05) is 4.90 Å². The zero-order valence-electron chi connectivity index (χ0n) is 18.5. The molecule has 1 aromatic heterocycles. The lowest BCUT2D eigenvalue weighted by molar-refractivity contribution is -0.139. The molecule has 1 fully saturated rings. The monoisotopic (exact) mass is 474 g/mol. The van der Waals surface area contributed by atoms with Crippen LogP contribution < -0.4 is 10.6 Å². The standard InChI is InChI=1S/C23H24F2N4O5/c1-2-33-22(31)19-17(26-23(32)27-20(19)14-5-6-15(24)16(25)12-14)13-28-7-9-29(10-8-28)21(30)18-4-3-11-34-18/h3-6,11-12,20H,2,7-10,13H2,1H3,(H2,26,27,32)/t20-/m0/s1. The van der Waals surface area contributed by atoms with Gasteiger partial charge in [-0.15, -0.1) is 0 Å². The molecule has 2 aliphatic heterocycles. The average molecular weight is 474 g/mol. The number of hydrogen-bond donors (Lipinski definition) is 2. The maximum atomic E-state index is 13.9. The number of hydrogen-bond acceptors (Lipinski definition) is 6. The number of halogens is 2. The lowest BCUT2D eigenvalue weighted by Crippen LogP contribution is -2.52. The zero-order valence-corrected chi connectivity index (χ0v) is 18.5. The van der Waals surface area contributed by atoms with Crippen LogP contribution in [-0.2, 0) is 9.53 Å². The number of furan rings is 1. The number of esters is 1. The predicted octanol–water partition coefficient (Wildman–Crippen LogP) is 2.19. The van der Waals surface area contributed by atoms with Gasteiger partial charge in [0.05, 0.1) is 24.5 Å². The average Bonchev–Trinajstić information content (AvgIpc) is 3.36. The van der Waals surface area contributed by atoms with Crippen molar-refractivity contribution < 1.29 is 32.3 Å². The smallest absolute Gasteiger partial charge is 0.338 e. The van der Waals surface area contributed by atoms with Crippen LogP contribution in [0.3, 0.4) is 0 Å². The molecule has 4 rings (SSSR count). The van der Waals surface area contributed by atoms with E-state index in [4.69, 9.17) is 9.15 Å². The van der Waals surface area contributed by atoms with Crippen molar-refractivity contribution >= 4 is 17.9 Å². The van der Waals surface area contributed by atoms with Crippen LogP contribution in [0.2, 0.25) is 0 Å². The van der Waals surface area contributed by atoms with E-state index < -0.39 is 29.7 Å². The van der Waals surface area contributed by atoms with Gasteiger partial charge in [-0.2, -0.15) is 0 Å². The highest BCUT2D eigenvalue weighted by Gasteiger charge is 2.35. The molecule has 0 spiro atoms. The van der Waals surface area contributed by atoms with Crippen molar-refractivity contribution in [3.05, 3.63) is 70.8 Å². The van der Waals surface area contributed by atoms with Crippen molar-refractivity contribution in [3.63, 3.8) is 0 Å². The van der Waals surface area contributed by atoms with Gasteiger partial charge in [0, 0.05) is 38.4 Å². The summed E-state index contributed by atoms with van der Waals surface area (Å²) >= 11 is 0. The quantitative estimate of drug-likeness (QED) is 0.622. The van der Waals surface area contributed by atoms with Gasteiger partial charge in [-0.3, -0.25) is 9.69 Å². The van der Waals surface area contributed by atoms with Gasteiger partial charge in [0.25, 0.3) is 5.91 Å². The third-order valence-electron chi connectivity index (χ3n) is 5.70. The van der Waals surface area contributed by atoms with Gasteiger partial charge in [-0.05, 0) is 36.8 Å². The summed E-state index contributed by atoms with van der Waals surface area (Å²) in [6, 6.07) is 4.86. The number of nitrogens with zero attached hydrogens (tertiary/aromatic N) is 2. The van der Waals surface area contributed by atoms with E-state index >= 15 is 0 Å². The van der Waals surface area contributed by atoms with Gasteiger partial charge in [0.2, 0.25) is 0 Å². The van der Waals surface area contributed by atoms with Crippen LogP contribution >= 0.6 is 0 Å². The summed E-state index contributed by atoms with van der Waals surface area (Å²) in [5.74, 6) is -2.74. The molecule has 2 aliphatic rings. The molecule has 9 nitrogen and oxygen atoms in total. The summed E-state index contributed by atoms with van der Waals surface area (Å²) in [4.78, 5) is 41.4. The summed E-state index contributed by atoms with van der Waals surface area (Å²) in [7, 11) is 0. The first kappa shape index (κ1) is 23.4. The van der Waals surface area contributed by atoms with Gasteiger partial charge in [-0.25, -0.2) is 18.4 Å². The topological polar surface area (TPSA) is 104 Å². The molecule has 3 heterocycles. The highest BCUT2D eigenvalue weighted by atomic mass is 19.2. The Kier molecular flexibility index (Phi) is 6.92. The van der Waals surface area contributed by atoms with E-state index in [1.165, 1.54) is 12.3 Å². The van der Waals surface area contributed by atoms with Crippen LogP contribution in [-0.4, -0.2) is 67.0 Å². The molecule has 2 N–H and O–H groups in total. The molecular weight excluding hydrogens is 450 g/mol. The summed E-state index contributed by atoms with van der Waals surface area (Å²) in [6.07, 6.45) is 1.44. The maximum Gasteiger partial charge on any atom is 0.338 e. The molecule has 2 aromatic rings. The van der Waals surface area contributed by atoms with E-state index in [9.17, 15) is 23.2 Å². The number of piperazine rings is 1. The van der Waals surface area contributed by atoms with E-state index in [2.05, 4.69) is 10.6 Å². The van der Waals surface area contributed by atoms with E-state index in [0.29, 0.717) is 31.9 Å². The van der Waals surface area contributed by atoms with Gasteiger partial charge < -0.3 is 24.7 Å². The summed E-state index contributed by atoms with van der Waals surface area (Å²) in [6.45, 7) is 3.79. The van der Waals surface area contributed by atoms with E-state index in [-0.39, 0.29) is 36.0 Å². The zero-order chi connectivity index (χ0) is 24.2. The molecule has 0 bridgehead atoms. The number of ether oxygens (including phenoxy) is 1. The fourth-order valence-corrected chi connectivity index (χ4v) is 4.02. The molecule has 0 unspecified atom stereocenters. The van der Waals surface area contributed by atoms with Crippen molar-refractivity contribution in [1.82, 2.24) is 20.4 Å². The van der Waals surface area contributed by atoms with Crippen molar-refractivity contribution in [2.24, 2.45) is 0 Å². The van der Waals surface area contributed by atoms with E-state index in [1.54, 1.807) is 24.0 Å². The first-order valence-corrected chi connectivity index (χ1v) is 10.8. The lowest BCUT2D eigenvalue weighted by Gasteiger charge is -2.36. The summed E-state index contributed by atoms with van der Waals surface area (Å²) < 4.78 is 37.7. The Labute approximate surface area is 194 Å². The lowest BCUT2D eigenvalue weighted by atomic mass is 9.94. The highest BCUT2D eigenvalue weighted by molar-refractivity contribution is 5.95. The number of nitrogens with one attached hydrogen (secondary N) is 2. The number of amides is 3. The second kappa shape index (κ2) is 10.0. The minimum atomic E-state index is -1.09. The minimum absolute atomic E-state index is 0.0988. The highest BCUT2D eigenvalue weighted by Crippen LogP contribution is 2.29. The number of carbonyl (C=O) groups is 3. The van der Waals surface area contributed by atoms with Crippen molar-refractivity contribution in [2.75, 3.05) is 39.3 Å². The molecule has 0 aliphatic carbocycles. The Balaban J connectivity index is 1.55.